The van der Waals surface area contributed by atoms with Gasteiger partial charge in [0.1, 0.15) is 5.82 Å². The van der Waals surface area contributed by atoms with E-state index in [2.05, 4.69) is 10.1 Å². The maximum Gasteiger partial charge on any atom is 0.246 e. The Morgan fingerprint density at radius 2 is 2.24 bits per heavy atom. The predicted octanol–water partition coefficient (Wildman–Crippen LogP) is 2.14. The van der Waals surface area contributed by atoms with E-state index < -0.39 is 0 Å². The number of halogens is 1. The number of hydrogen-bond acceptors (Lipinski definition) is 5. The fourth-order valence-corrected chi connectivity index (χ4v) is 1.68. The number of amides is 1. The highest BCUT2D eigenvalue weighted by molar-refractivity contribution is 5.74. The summed E-state index contributed by atoms with van der Waals surface area (Å²) in [4.78, 5) is 20.5. The summed E-state index contributed by atoms with van der Waals surface area (Å²) in [6.07, 6.45) is 0.488. The van der Waals surface area contributed by atoms with Crippen LogP contribution in [0, 0.1) is 12.7 Å². The van der Waals surface area contributed by atoms with Gasteiger partial charge < -0.3 is 4.52 Å². The summed E-state index contributed by atoms with van der Waals surface area (Å²) in [7, 11) is 2.94. The number of nitrogens with zero attached hydrogens (tertiary/aromatic N) is 3. The van der Waals surface area contributed by atoms with Crippen molar-refractivity contribution >= 4 is 5.91 Å². The summed E-state index contributed by atoms with van der Waals surface area (Å²) in [6.45, 7) is 1.68. The zero-order chi connectivity index (χ0) is 15.4. The van der Waals surface area contributed by atoms with Crippen molar-refractivity contribution in [3.05, 3.63) is 35.5 Å². The molecule has 0 aliphatic heterocycles. The van der Waals surface area contributed by atoms with Crippen LogP contribution in [-0.2, 0) is 16.1 Å². The Labute approximate surface area is 121 Å². The number of carbonyl (C=O) groups is 1. The van der Waals surface area contributed by atoms with E-state index in [4.69, 9.17) is 9.36 Å². The predicted molar refractivity (Wildman–Crippen MR) is 72.5 cm³/mol. The van der Waals surface area contributed by atoms with Crippen LogP contribution in [0.3, 0.4) is 0 Å². The summed E-state index contributed by atoms with van der Waals surface area (Å²) < 4.78 is 18.6. The second-order valence-electron chi connectivity index (χ2n) is 4.55. The smallest absolute Gasteiger partial charge is 0.246 e. The van der Waals surface area contributed by atoms with E-state index in [1.165, 1.54) is 20.2 Å². The summed E-state index contributed by atoms with van der Waals surface area (Å²) >= 11 is 0. The van der Waals surface area contributed by atoms with Gasteiger partial charge in [-0.15, -0.1) is 0 Å². The molecule has 0 bridgehead atoms. The molecule has 1 aromatic carbocycles. The SMILES string of the molecule is CON(C)C(=O)CCc1nc(-c2ccc(C)c(F)c2)no1. The molecule has 0 saturated heterocycles. The third-order valence-corrected chi connectivity index (χ3v) is 3.08. The second-order valence-corrected chi connectivity index (χ2v) is 4.55. The molecule has 0 radical (unpaired) electrons. The molecule has 0 spiro atoms. The number of carbonyl (C=O) groups excluding carboxylic acids is 1. The van der Waals surface area contributed by atoms with Gasteiger partial charge >= 0.3 is 0 Å². The van der Waals surface area contributed by atoms with Crippen LogP contribution >= 0.6 is 0 Å². The average molecular weight is 293 g/mol. The van der Waals surface area contributed by atoms with Gasteiger partial charge in [-0.1, -0.05) is 17.3 Å². The van der Waals surface area contributed by atoms with Gasteiger partial charge in [-0.05, 0) is 18.6 Å². The van der Waals surface area contributed by atoms with Crippen LogP contribution in [0.25, 0.3) is 11.4 Å². The van der Waals surface area contributed by atoms with E-state index in [1.807, 2.05) is 0 Å². The van der Waals surface area contributed by atoms with Crippen molar-refractivity contribution in [2.24, 2.45) is 0 Å². The first-order valence-electron chi connectivity index (χ1n) is 6.41. The van der Waals surface area contributed by atoms with Crippen LogP contribution in [0.1, 0.15) is 17.9 Å². The topological polar surface area (TPSA) is 68.5 Å². The standard InChI is InChI=1S/C14H16FN3O3/c1-9-4-5-10(8-11(9)15)14-16-12(21-17-14)6-7-13(19)18(2)20-3/h4-5,8H,6-7H2,1-3H3. The molecule has 21 heavy (non-hydrogen) atoms. The van der Waals surface area contributed by atoms with E-state index in [1.54, 1.807) is 19.1 Å². The third-order valence-electron chi connectivity index (χ3n) is 3.08. The maximum atomic E-state index is 13.5. The lowest BCUT2D eigenvalue weighted by atomic mass is 10.1. The Bertz CT molecular complexity index is 642. The molecular weight excluding hydrogens is 277 g/mol. The zero-order valence-corrected chi connectivity index (χ0v) is 12.1. The molecule has 1 amide bonds. The molecule has 7 heteroatoms. The van der Waals surface area contributed by atoms with Crippen LogP contribution < -0.4 is 0 Å². The lowest BCUT2D eigenvalue weighted by molar-refractivity contribution is -0.168. The van der Waals surface area contributed by atoms with Gasteiger partial charge in [-0.3, -0.25) is 9.63 Å². The monoisotopic (exact) mass is 293 g/mol. The van der Waals surface area contributed by atoms with Crippen molar-refractivity contribution in [3.8, 4) is 11.4 Å². The maximum absolute atomic E-state index is 13.5. The van der Waals surface area contributed by atoms with Gasteiger partial charge in [-0.25, -0.2) is 9.45 Å². The van der Waals surface area contributed by atoms with Crippen LogP contribution in [0.15, 0.2) is 22.7 Å². The van der Waals surface area contributed by atoms with Gasteiger partial charge in [0.25, 0.3) is 0 Å². The van der Waals surface area contributed by atoms with Crippen molar-refractivity contribution < 1.29 is 18.5 Å². The molecule has 0 aliphatic carbocycles. The lowest BCUT2D eigenvalue weighted by Crippen LogP contribution is -2.25. The van der Waals surface area contributed by atoms with Crippen molar-refractivity contribution in [1.82, 2.24) is 15.2 Å². The Balaban J connectivity index is 2.04. The number of aryl methyl sites for hydroxylation is 2. The van der Waals surface area contributed by atoms with Gasteiger partial charge in [0.05, 0.1) is 7.11 Å². The van der Waals surface area contributed by atoms with E-state index in [0.29, 0.717) is 29.3 Å². The lowest BCUT2D eigenvalue weighted by Gasteiger charge is -2.12. The molecule has 2 rings (SSSR count). The Morgan fingerprint density at radius 3 is 2.90 bits per heavy atom. The quantitative estimate of drug-likeness (QED) is 0.790. The van der Waals surface area contributed by atoms with Crippen molar-refractivity contribution in [3.63, 3.8) is 0 Å². The minimum Gasteiger partial charge on any atom is -0.339 e. The molecule has 1 heterocycles. The van der Waals surface area contributed by atoms with E-state index in [0.717, 1.165) is 5.06 Å². The van der Waals surface area contributed by atoms with Gasteiger partial charge in [-0.2, -0.15) is 4.98 Å². The molecule has 2 aromatic rings. The zero-order valence-electron chi connectivity index (χ0n) is 12.1. The summed E-state index contributed by atoms with van der Waals surface area (Å²) in [6, 6.07) is 4.72. The molecule has 0 fully saturated rings. The van der Waals surface area contributed by atoms with E-state index in [-0.39, 0.29) is 18.1 Å². The van der Waals surface area contributed by atoms with E-state index >= 15 is 0 Å². The first kappa shape index (κ1) is 15.1. The Hall–Kier alpha value is -2.28. The first-order valence-corrected chi connectivity index (χ1v) is 6.41. The molecule has 0 N–H and O–H groups in total. The molecule has 0 saturated carbocycles. The number of hydrogen-bond donors (Lipinski definition) is 0. The Morgan fingerprint density at radius 1 is 1.48 bits per heavy atom. The van der Waals surface area contributed by atoms with E-state index in [9.17, 15) is 9.18 Å². The highest BCUT2D eigenvalue weighted by Crippen LogP contribution is 2.19. The molecule has 0 unspecified atom stereocenters. The largest absolute Gasteiger partial charge is 0.339 e. The fourth-order valence-electron chi connectivity index (χ4n) is 1.68. The molecule has 112 valence electrons. The van der Waals surface area contributed by atoms with Crippen molar-refractivity contribution in [1.29, 1.82) is 0 Å². The highest BCUT2D eigenvalue weighted by atomic mass is 19.1. The normalized spacial score (nSPS) is 10.7. The minimum absolute atomic E-state index is 0.189. The molecule has 0 aliphatic rings. The second kappa shape index (κ2) is 6.45. The van der Waals surface area contributed by atoms with Crippen molar-refractivity contribution in [2.45, 2.75) is 19.8 Å². The number of rotatable bonds is 5. The number of aromatic nitrogens is 2. The van der Waals surface area contributed by atoms with Crippen LogP contribution in [0.5, 0.6) is 0 Å². The van der Waals surface area contributed by atoms with Gasteiger partial charge in [0.2, 0.25) is 17.6 Å². The summed E-state index contributed by atoms with van der Waals surface area (Å²) in [5.74, 6) is 0.106. The molecule has 0 atom stereocenters. The number of hydroxylamine groups is 2. The number of benzene rings is 1. The molecular formula is C14H16FN3O3. The molecule has 1 aromatic heterocycles. The first-order chi connectivity index (χ1) is 10.0. The van der Waals surface area contributed by atoms with Crippen molar-refractivity contribution in [2.75, 3.05) is 14.2 Å². The average Bonchev–Trinajstić information content (AvgIpc) is 2.95. The molecule has 6 nitrogen and oxygen atoms in total. The fraction of sp³-hybridized carbons (Fsp3) is 0.357. The van der Waals surface area contributed by atoms with Gasteiger partial charge in [0, 0.05) is 25.5 Å². The highest BCUT2D eigenvalue weighted by Gasteiger charge is 2.13. The third kappa shape index (κ3) is 3.63. The van der Waals surface area contributed by atoms with Crippen LogP contribution in [0.4, 0.5) is 4.39 Å². The summed E-state index contributed by atoms with van der Waals surface area (Å²) in [5.41, 5.74) is 1.09. The summed E-state index contributed by atoms with van der Waals surface area (Å²) in [5, 5.41) is 4.92. The van der Waals surface area contributed by atoms with Crippen LogP contribution in [0.2, 0.25) is 0 Å². The van der Waals surface area contributed by atoms with Crippen LogP contribution in [-0.4, -0.2) is 35.3 Å². The Kier molecular flexibility index (Phi) is 4.64. The van der Waals surface area contributed by atoms with Gasteiger partial charge in [0.15, 0.2) is 0 Å². The minimum atomic E-state index is -0.323.